The van der Waals surface area contributed by atoms with E-state index in [1.807, 2.05) is 5.51 Å². The molecule has 2 saturated heterocycles. The summed E-state index contributed by atoms with van der Waals surface area (Å²) < 4.78 is 0. The second-order valence-corrected chi connectivity index (χ2v) is 6.99. The number of aromatic nitrogens is 1. The zero-order valence-corrected chi connectivity index (χ0v) is 13.5. The van der Waals surface area contributed by atoms with Crippen LogP contribution >= 0.6 is 11.3 Å². The Balaban J connectivity index is 1.47. The van der Waals surface area contributed by atoms with E-state index in [2.05, 4.69) is 20.2 Å². The van der Waals surface area contributed by atoms with E-state index in [9.17, 15) is 4.79 Å². The minimum absolute atomic E-state index is 0.259. The van der Waals surface area contributed by atoms with Crippen molar-refractivity contribution in [3.05, 3.63) is 16.6 Å². The Kier molecular flexibility index (Phi) is 5.25. The fourth-order valence-electron chi connectivity index (χ4n) is 3.43. The van der Waals surface area contributed by atoms with Crippen LogP contribution in [0.25, 0.3) is 0 Å². The highest BCUT2D eigenvalue weighted by atomic mass is 32.1. The Morgan fingerprint density at radius 1 is 1.14 bits per heavy atom. The molecule has 0 radical (unpaired) electrons. The molecule has 2 fully saturated rings. The van der Waals surface area contributed by atoms with E-state index in [4.69, 9.17) is 0 Å². The average Bonchev–Trinajstić information content (AvgIpc) is 2.87. The predicted molar refractivity (Wildman–Crippen MR) is 85.2 cm³/mol. The molecule has 3 rings (SSSR count). The van der Waals surface area contributed by atoms with Crippen LogP contribution in [-0.4, -0.2) is 46.9 Å². The smallest absolute Gasteiger partial charge is 0.225 e. The third-order valence-corrected chi connectivity index (χ3v) is 5.36. The molecule has 1 aromatic heterocycles. The molecule has 3 heterocycles. The van der Waals surface area contributed by atoms with Crippen molar-refractivity contribution in [3.8, 4) is 0 Å². The third-order valence-electron chi connectivity index (χ3n) is 4.72. The van der Waals surface area contributed by atoms with Crippen molar-refractivity contribution in [2.75, 3.05) is 26.2 Å². The lowest BCUT2D eigenvalue weighted by atomic mass is 9.95. The number of likely N-dealkylation sites (tertiary alicyclic amines) is 2. The van der Waals surface area contributed by atoms with Gasteiger partial charge in [0.1, 0.15) is 0 Å². The zero-order chi connectivity index (χ0) is 14.5. The Labute approximate surface area is 131 Å². The van der Waals surface area contributed by atoms with Crippen LogP contribution in [0.15, 0.2) is 10.9 Å². The molecule has 2 aliphatic heterocycles. The maximum atomic E-state index is 12.6. The molecule has 21 heavy (non-hydrogen) atoms. The van der Waals surface area contributed by atoms with E-state index in [1.54, 1.807) is 11.3 Å². The van der Waals surface area contributed by atoms with Gasteiger partial charge < -0.3 is 4.90 Å². The molecular formula is C16H25N3OS. The predicted octanol–water partition coefficient (Wildman–Crippen LogP) is 2.76. The lowest BCUT2D eigenvalue weighted by Gasteiger charge is -2.33. The van der Waals surface area contributed by atoms with Crippen LogP contribution in [0, 0.1) is 5.92 Å². The summed E-state index contributed by atoms with van der Waals surface area (Å²) in [6.07, 6.45) is 6.98. The third kappa shape index (κ3) is 4.04. The molecule has 1 aromatic rings. The fraction of sp³-hybridized carbons (Fsp3) is 0.750. The Morgan fingerprint density at radius 2 is 1.86 bits per heavy atom. The van der Waals surface area contributed by atoms with E-state index >= 15 is 0 Å². The summed E-state index contributed by atoms with van der Waals surface area (Å²) in [6.45, 7) is 4.97. The lowest BCUT2D eigenvalue weighted by molar-refractivity contribution is -0.137. The van der Waals surface area contributed by atoms with Gasteiger partial charge in [0, 0.05) is 30.9 Å². The first kappa shape index (κ1) is 15.0. The maximum absolute atomic E-state index is 12.6. The topological polar surface area (TPSA) is 36.4 Å². The van der Waals surface area contributed by atoms with Crippen LogP contribution < -0.4 is 0 Å². The molecule has 0 aromatic carbocycles. The van der Waals surface area contributed by atoms with Crippen molar-refractivity contribution in [1.82, 2.24) is 14.8 Å². The molecule has 5 heteroatoms. The standard InChI is InChI=1S/C16H25N3OS/c20-16(19-7-3-1-2-4-8-19)14-5-9-18(10-6-14)11-15-12-21-13-17-15/h12-14H,1-11H2. The largest absolute Gasteiger partial charge is 0.342 e. The number of carbonyl (C=O) groups is 1. The summed E-state index contributed by atoms with van der Waals surface area (Å²) in [5, 5.41) is 2.12. The van der Waals surface area contributed by atoms with E-state index in [0.717, 1.165) is 51.3 Å². The van der Waals surface area contributed by atoms with Crippen molar-refractivity contribution >= 4 is 17.2 Å². The SMILES string of the molecule is O=C(C1CCN(Cc2cscn2)CC1)N1CCCCCC1. The molecule has 116 valence electrons. The quantitative estimate of drug-likeness (QED) is 0.861. The lowest BCUT2D eigenvalue weighted by Crippen LogP contribution is -2.42. The Bertz CT molecular complexity index is 432. The molecule has 0 spiro atoms. The molecule has 0 saturated carbocycles. The number of hydrogen-bond donors (Lipinski definition) is 0. The summed E-state index contributed by atoms with van der Waals surface area (Å²) in [7, 11) is 0. The van der Waals surface area contributed by atoms with Gasteiger partial charge in [-0.15, -0.1) is 11.3 Å². The maximum Gasteiger partial charge on any atom is 0.225 e. The van der Waals surface area contributed by atoms with Crippen LogP contribution in [0.1, 0.15) is 44.2 Å². The van der Waals surface area contributed by atoms with Crippen LogP contribution in [0.2, 0.25) is 0 Å². The van der Waals surface area contributed by atoms with Crippen molar-refractivity contribution < 1.29 is 4.79 Å². The molecule has 1 amide bonds. The fourth-order valence-corrected chi connectivity index (χ4v) is 3.98. The van der Waals surface area contributed by atoms with Crippen LogP contribution in [0.5, 0.6) is 0 Å². The van der Waals surface area contributed by atoms with Gasteiger partial charge in [-0.05, 0) is 38.8 Å². The van der Waals surface area contributed by atoms with Gasteiger partial charge in [0.15, 0.2) is 0 Å². The molecule has 0 bridgehead atoms. The molecule has 0 unspecified atom stereocenters. The van der Waals surface area contributed by atoms with Gasteiger partial charge in [0.25, 0.3) is 0 Å². The molecular weight excluding hydrogens is 282 g/mol. The summed E-state index contributed by atoms with van der Waals surface area (Å²) in [5.41, 5.74) is 3.06. The first-order valence-corrected chi connectivity index (χ1v) is 9.15. The Morgan fingerprint density at radius 3 is 2.48 bits per heavy atom. The van der Waals surface area contributed by atoms with Gasteiger partial charge in [-0.25, -0.2) is 4.98 Å². The van der Waals surface area contributed by atoms with E-state index in [1.165, 1.54) is 25.7 Å². The molecule has 0 atom stereocenters. The van der Waals surface area contributed by atoms with E-state index in [0.29, 0.717) is 5.91 Å². The summed E-state index contributed by atoms with van der Waals surface area (Å²) in [5.74, 6) is 0.681. The number of rotatable bonds is 3. The molecule has 0 aliphatic carbocycles. The normalized spacial score (nSPS) is 22.2. The van der Waals surface area contributed by atoms with Gasteiger partial charge in [0.2, 0.25) is 5.91 Å². The van der Waals surface area contributed by atoms with Gasteiger partial charge in [0.05, 0.1) is 11.2 Å². The Hall–Kier alpha value is -0.940. The number of thiazole rings is 1. The highest BCUT2D eigenvalue weighted by Crippen LogP contribution is 2.22. The summed E-state index contributed by atoms with van der Waals surface area (Å²) in [6, 6.07) is 0. The van der Waals surface area contributed by atoms with Crippen molar-refractivity contribution in [2.24, 2.45) is 5.92 Å². The van der Waals surface area contributed by atoms with Crippen LogP contribution in [0.4, 0.5) is 0 Å². The van der Waals surface area contributed by atoms with Crippen LogP contribution in [0.3, 0.4) is 0 Å². The van der Waals surface area contributed by atoms with Crippen molar-refractivity contribution in [2.45, 2.75) is 45.1 Å². The van der Waals surface area contributed by atoms with Gasteiger partial charge in [-0.2, -0.15) is 0 Å². The highest BCUT2D eigenvalue weighted by Gasteiger charge is 2.28. The van der Waals surface area contributed by atoms with Crippen LogP contribution in [-0.2, 0) is 11.3 Å². The minimum Gasteiger partial charge on any atom is -0.342 e. The van der Waals surface area contributed by atoms with Crippen molar-refractivity contribution in [1.29, 1.82) is 0 Å². The number of hydrogen-bond acceptors (Lipinski definition) is 4. The van der Waals surface area contributed by atoms with E-state index in [-0.39, 0.29) is 5.92 Å². The second kappa shape index (κ2) is 7.36. The molecule has 4 nitrogen and oxygen atoms in total. The number of piperidine rings is 1. The average molecular weight is 307 g/mol. The zero-order valence-electron chi connectivity index (χ0n) is 12.7. The number of carbonyl (C=O) groups excluding carboxylic acids is 1. The van der Waals surface area contributed by atoms with Gasteiger partial charge in [-0.1, -0.05) is 12.8 Å². The highest BCUT2D eigenvalue weighted by molar-refractivity contribution is 7.07. The minimum atomic E-state index is 0.259. The second-order valence-electron chi connectivity index (χ2n) is 6.27. The first-order valence-electron chi connectivity index (χ1n) is 8.21. The van der Waals surface area contributed by atoms with Gasteiger partial charge >= 0.3 is 0 Å². The first-order chi connectivity index (χ1) is 10.3. The monoisotopic (exact) mass is 307 g/mol. The number of amides is 1. The summed E-state index contributed by atoms with van der Waals surface area (Å²) in [4.78, 5) is 21.5. The number of nitrogens with zero attached hydrogens (tertiary/aromatic N) is 3. The van der Waals surface area contributed by atoms with Crippen molar-refractivity contribution in [3.63, 3.8) is 0 Å². The van der Waals surface area contributed by atoms with E-state index < -0.39 is 0 Å². The summed E-state index contributed by atoms with van der Waals surface area (Å²) >= 11 is 1.66. The van der Waals surface area contributed by atoms with Gasteiger partial charge in [-0.3, -0.25) is 9.69 Å². The molecule has 2 aliphatic rings. The molecule has 0 N–H and O–H groups in total.